The second-order valence-corrected chi connectivity index (χ2v) is 5.59. The van der Waals surface area contributed by atoms with Gasteiger partial charge in [-0.1, -0.05) is 15.9 Å². The van der Waals surface area contributed by atoms with Crippen LogP contribution in [-0.4, -0.2) is 15.0 Å². The molecule has 0 aliphatic heterocycles. The maximum Gasteiger partial charge on any atom is 0.134 e. The lowest BCUT2D eigenvalue weighted by atomic mass is 10.3. The largest absolute Gasteiger partial charge is 0.241 e. The molecule has 2 heterocycles. The van der Waals surface area contributed by atoms with Gasteiger partial charge < -0.3 is 0 Å². The van der Waals surface area contributed by atoms with E-state index in [-0.39, 0.29) is 0 Å². The molecule has 5 heteroatoms. The van der Waals surface area contributed by atoms with Gasteiger partial charge in [0.05, 0.1) is 16.6 Å². The normalized spacial score (nSPS) is 10.9. The quantitative estimate of drug-likeness (QED) is 0.728. The molecular weight excluding hydrogens is 298 g/mol. The van der Waals surface area contributed by atoms with Gasteiger partial charge in [-0.2, -0.15) is 0 Å². The van der Waals surface area contributed by atoms with E-state index >= 15 is 0 Å². The minimum Gasteiger partial charge on any atom is -0.241 e. The van der Waals surface area contributed by atoms with Crippen LogP contribution >= 0.6 is 27.3 Å². The molecule has 3 nitrogen and oxygen atoms in total. The monoisotopic (exact) mass is 305 g/mol. The van der Waals surface area contributed by atoms with Gasteiger partial charge in [-0.3, -0.25) is 0 Å². The minimum absolute atomic E-state index is 0.692. The van der Waals surface area contributed by atoms with Gasteiger partial charge in [0, 0.05) is 16.9 Å². The summed E-state index contributed by atoms with van der Waals surface area (Å²) in [6, 6.07) is 7.93. The second-order valence-electron chi connectivity index (χ2n) is 3.56. The predicted octanol–water partition coefficient (Wildman–Crippen LogP) is 3.44. The SMILES string of the molecule is Brc1ccc2nc(Cc3ncccn3)sc2c1. The highest BCUT2D eigenvalue weighted by Crippen LogP contribution is 2.26. The fourth-order valence-electron chi connectivity index (χ4n) is 1.58. The first kappa shape index (κ1) is 10.8. The number of thiazole rings is 1. The van der Waals surface area contributed by atoms with E-state index in [4.69, 9.17) is 0 Å². The van der Waals surface area contributed by atoms with Gasteiger partial charge in [0.2, 0.25) is 0 Å². The summed E-state index contributed by atoms with van der Waals surface area (Å²) in [6.45, 7) is 0. The van der Waals surface area contributed by atoms with Crippen LogP contribution in [0.25, 0.3) is 10.2 Å². The van der Waals surface area contributed by atoms with Crippen molar-refractivity contribution < 1.29 is 0 Å². The summed E-state index contributed by atoms with van der Waals surface area (Å²) >= 11 is 5.15. The number of hydrogen-bond donors (Lipinski definition) is 0. The van der Waals surface area contributed by atoms with Crippen molar-refractivity contribution >= 4 is 37.5 Å². The van der Waals surface area contributed by atoms with E-state index < -0.39 is 0 Å². The fraction of sp³-hybridized carbons (Fsp3) is 0.0833. The molecule has 0 spiro atoms. The van der Waals surface area contributed by atoms with Crippen LogP contribution < -0.4 is 0 Å². The van der Waals surface area contributed by atoms with Crippen LogP contribution in [0.5, 0.6) is 0 Å². The molecule has 2 aromatic heterocycles. The molecule has 0 saturated carbocycles. The Hall–Kier alpha value is -1.33. The number of halogens is 1. The van der Waals surface area contributed by atoms with E-state index in [0.29, 0.717) is 6.42 Å². The first-order chi connectivity index (χ1) is 8.31. The Morgan fingerprint density at radius 2 is 2.00 bits per heavy atom. The Morgan fingerprint density at radius 3 is 2.82 bits per heavy atom. The zero-order valence-electron chi connectivity index (χ0n) is 8.80. The summed E-state index contributed by atoms with van der Waals surface area (Å²) in [5.74, 6) is 0.811. The average molecular weight is 306 g/mol. The molecule has 0 N–H and O–H groups in total. The van der Waals surface area contributed by atoms with Crippen LogP contribution in [0.1, 0.15) is 10.8 Å². The third kappa shape index (κ3) is 2.35. The maximum atomic E-state index is 4.57. The van der Waals surface area contributed by atoms with Crippen LogP contribution in [0.15, 0.2) is 41.1 Å². The average Bonchev–Trinajstić information content (AvgIpc) is 2.71. The summed E-state index contributed by atoms with van der Waals surface area (Å²) in [6.07, 6.45) is 4.20. The lowest BCUT2D eigenvalue weighted by molar-refractivity contribution is 0.960. The first-order valence-electron chi connectivity index (χ1n) is 5.12. The van der Waals surface area contributed by atoms with Crippen LogP contribution in [0.3, 0.4) is 0 Å². The van der Waals surface area contributed by atoms with E-state index in [2.05, 4.69) is 36.9 Å². The highest BCUT2D eigenvalue weighted by Gasteiger charge is 2.06. The van der Waals surface area contributed by atoms with Crippen molar-refractivity contribution in [3.05, 3.63) is 52.0 Å². The third-order valence-corrected chi connectivity index (χ3v) is 3.83. The molecule has 0 unspecified atom stereocenters. The third-order valence-electron chi connectivity index (χ3n) is 2.32. The molecule has 84 valence electrons. The molecule has 0 amide bonds. The van der Waals surface area contributed by atoms with Crippen LogP contribution in [0.4, 0.5) is 0 Å². The molecule has 17 heavy (non-hydrogen) atoms. The highest BCUT2D eigenvalue weighted by atomic mass is 79.9. The molecule has 0 aliphatic carbocycles. The molecular formula is C12H8BrN3S. The van der Waals surface area contributed by atoms with Gasteiger partial charge >= 0.3 is 0 Å². The maximum absolute atomic E-state index is 4.57. The lowest BCUT2D eigenvalue weighted by Crippen LogP contribution is -1.93. The molecule has 0 saturated heterocycles. The highest BCUT2D eigenvalue weighted by molar-refractivity contribution is 9.10. The standard InChI is InChI=1S/C12H8BrN3S/c13-8-2-3-9-10(6-8)17-12(16-9)7-11-14-4-1-5-15-11/h1-6H,7H2. The van der Waals surface area contributed by atoms with Crippen LogP contribution in [-0.2, 0) is 6.42 Å². The van der Waals surface area contributed by atoms with E-state index in [1.807, 2.05) is 18.2 Å². The predicted molar refractivity (Wildman–Crippen MR) is 72.2 cm³/mol. The summed E-state index contributed by atoms with van der Waals surface area (Å²) < 4.78 is 2.27. The van der Waals surface area contributed by atoms with E-state index in [1.54, 1.807) is 23.7 Å². The van der Waals surface area contributed by atoms with Crippen molar-refractivity contribution in [2.75, 3.05) is 0 Å². The summed E-state index contributed by atoms with van der Waals surface area (Å²) in [5.41, 5.74) is 1.03. The van der Waals surface area contributed by atoms with Gasteiger partial charge in [0.25, 0.3) is 0 Å². The molecule has 0 atom stereocenters. The molecule has 0 fully saturated rings. The van der Waals surface area contributed by atoms with Gasteiger partial charge in [-0.15, -0.1) is 11.3 Å². The van der Waals surface area contributed by atoms with Crippen molar-refractivity contribution in [3.8, 4) is 0 Å². The smallest absolute Gasteiger partial charge is 0.134 e. The van der Waals surface area contributed by atoms with E-state index in [0.717, 1.165) is 20.8 Å². The van der Waals surface area contributed by atoms with Crippen molar-refractivity contribution in [1.82, 2.24) is 15.0 Å². The van der Waals surface area contributed by atoms with Gasteiger partial charge in [-0.25, -0.2) is 15.0 Å². The summed E-state index contributed by atoms with van der Waals surface area (Å²) in [4.78, 5) is 13.0. The molecule has 3 aromatic rings. The Kier molecular flexibility index (Phi) is 2.86. The zero-order chi connectivity index (χ0) is 11.7. The molecule has 3 rings (SSSR count). The number of fused-ring (bicyclic) bond motifs is 1. The molecule has 0 radical (unpaired) electrons. The summed E-state index contributed by atoms with van der Waals surface area (Å²) in [5, 5.41) is 1.05. The second kappa shape index (κ2) is 4.50. The Labute approximate surface area is 111 Å². The van der Waals surface area contributed by atoms with Gasteiger partial charge in [-0.05, 0) is 24.3 Å². The van der Waals surface area contributed by atoms with E-state index in [9.17, 15) is 0 Å². The number of benzene rings is 1. The topological polar surface area (TPSA) is 38.7 Å². The van der Waals surface area contributed by atoms with Crippen molar-refractivity contribution in [2.45, 2.75) is 6.42 Å². The molecule has 0 bridgehead atoms. The van der Waals surface area contributed by atoms with E-state index in [1.165, 1.54) is 4.70 Å². The minimum atomic E-state index is 0.692. The number of nitrogens with zero attached hydrogens (tertiary/aromatic N) is 3. The molecule has 1 aromatic carbocycles. The van der Waals surface area contributed by atoms with Crippen molar-refractivity contribution in [1.29, 1.82) is 0 Å². The first-order valence-corrected chi connectivity index (χ1v) is 6.73. The summed E-state index contributed by atoms with van der Waals surface area (Å²) in [7, 11) is 0. The number of hydrogen-bond acceptors (Lipinski definition) is 4. The molecule has 0 aliphatic rings. The fourth-order valence-corrected chi connectivity index (χ4v) is 3.09. The van der Waals surface area contributed by atoms with Crippen LogP contribution in [0, 0.1) is 0 Å². The Bertz CT molecular complexity index is 651. The lowest BCUT2D eigenvalue weighted by Gasteiger charge is -1.93. The zero-order valence-corrected chi connectivity index (χ0v) is 11.2. The van der Waals surface area contributed by atoms with Crippen molar-refractivity contribution in [2.24, 2.45) is 0 Å². The van der Waals surface area contributed by atoms with Crippen molar-refractivity contribution in [3.63, 3.8) is 0 Å². The number of aromatic nitrogens is 3. The Balaban J connectivity index is 1.96. The Morgan fingerprint density at radius 1 is 1.18 bits per heavy atom. The number of rotatable bonds is 2. The van der Waals surface area contributed by atoms with Gasteiger partial charge in [0.1, 0.15) is 10.8 Å². The van der Waals surface area contributed by atoms with Gasteiger partial charge in [0.15, 0.2) is 0 Å². The van der Waals surface area contributed by atoms with Crippen LogP contribution in [0.2, 0.25) is 0 Å².